The molecule has 0 N–H and O–H groups in total. The van der Waals surface area contributed by atoms with Crippen LogP contribution in [0.4, 0.5) is 0 Å². The van der Waals surface area contributed by atoms with Gasteiger partial charge in [0, 0.05) is 5.33 Å². The van der Waals surface area contributed by atoms with Crippen molar-refractivity contribution in [2.45, 2.75) is 12.1 Å². The molecular formula is C5H9BrO3P+. The number of ether oxygens (including phenoxy) is 2. The summed E-state index contributed by atoms with van der Waals surface area (Å²) in [5.41, 5.74) is 0. The molecule has 10 heavy (non-hydrogen) atoms. The van der Waals surface area contributed by atoms with E-state index in [1.54, 1.807) is 6.66 Å². The molecule has 3 atom stereocenters. The van der Waals surface area contributed by atoms with E-state index in [2.05, 4.69) is 15.9 Å². The van der Waals surface area contributed by atoms with Crippen molar-refractivity contribution >= 4 is 23.7 Å². The van der Waals surface area contributed by atoms with E-state index in [4.69, 9.17) is 9.47 Å². The molecule has 0 aliphatic carbocycles. The van der Waals surface area contributed by atoms with E-state index in [9.17, 15) is 4.57 Å². The van der Waals surface area contributed by atoms with Crippen molar-refractivity contribution in [1.82, 2.24) is 0 Å². The van der Waals surface area contributed by atoms with Gasteiger partial charge in [-0.2, -0.15) is 0 Å². The van der Waals surface area contributed by atoms with Crippen LogP contribution in [-0.4, -0.2) is 30.7 Å². The van der Waals surface area contributed by atoms with Gasteiger partial charge in [-0.1, -0.05) is 20.5 Å². The molecule has 0 radical (unpaired) electrons. The lowest BCUT2D eigenvalue weighted by atomic mass is 10.5. The second kappa shape index (κ2) is 3.77. The lowest BCUT2D eigenvalue weighted by Gasteiger charge is -1.98. The summed E-state index contributed by atoms with van der Waals surface area (Å²) in [6, 6.07) is -0.474. The number of halogens is 1. The molecule has 0 amide bonds. The van der Waals surface area contributed by atoms with Crippen LogP contribution in [0.25, 0.3) is 0 Å². The molecule has 3 nitrogen and oxygen atoms in total. The molecule has 1 heterocycles. The fraction of sp³-hybridized carbons (Fsp3) is 1.00. The average molecular weight is 228 g/mol. The lowest BCUT2D eigenvalue weighted by Crippen LogP contribution is -2.11. The van der Waals surface area contributed by atoms with Gasteiger partial charge in [0.1, 0.15) is 6.66 Å². The van der Waals surface area contributed by atoms with E-state index in [-0.39, 0.29) is 6.10 Å². The highest BCUT2D eigenvalue weighted by Gasteiger charge is 2.36. The van der Waals surface area contributed by atoms with E-state index in [0.717, 1.165) is 5.33 Å². The summed E-state index contributed by atoms with van der Waals surface area (Å²) < 4.78 is 21.1. The molecule has 0 spiro atoms. The Morgan fingerprint density at radius 1 is 1.80 bits per heavy atom. The fourth-order valence-electron chi connectivity index (χ4n) is 0.704. The third-order valence-corrected chi connectivity index (χ3v) is 2.79. The molecule has 0 aromatic carbocycles. The van der Waals surface area contributed by atoms with Gasteiger partial charge < -0.3 is 9.47 Å². The van der Waals surface area contributed by atoms with E-state index >= 15 is 0 Å². The molecule has 58 valence electrons. The fourth-order valence-corrected chi connectivity index (χ4v) is 1.68. The van der Waals surface area contributed by atoms with Crippen molar-refractivity contribution in [1.29, 1.82) is 0 Å². The van der Waals surface area contributed by atoms with Gasteiger partial charge in [0.15, 0.2) is 0 Å². The SMILES string of the molecule is C[P+](=O)C1OCC(CBr)O1. The van der Waals surface area contributed by atoms with Crippen molar-refractivity contribution < 1.29 is 14.0 Å². The molecule has 0 aromatic heterocycles. The van der Waals surface area contributed by atoms with Crippen LogP contribution in [0, 0.1) is 0 Å². The first-order valence-electron chi connectivity index (χ1n) is 2.97. The first-order chi connectivity index (χ1) is 4.74. The summed E-state index contributed by atoms with van der Waals surface area (Å²) in [4.78, 5) is 0. The van der Waals surface area contributed by atoms with Crippen LogP contribution in [0.1, 0.15) is 0 Å². The summed E-state index contributed by atoms with van der Waals surface area (Å²) in [6.45, 7) is 2.15. The predicted molar refractivity (Wildman–Crippen MR) is 41.9 cm³/mol. The van der Waals surface area contributed by atoms with Gasteiger partial charge in [-0.25, -0.2) is 0 Å². The molecule has 1 saturated heterocycles. The van der Waals surface area contributed by atoms with Crippen LogP contribution in [0.3, 0.4) is 0 Å². The predicted octanol–water partition coefficient (Wildman–Crippen LogP) is 1.54. The van der Waals surface area contributed by atoms with Crippen molar-refractivity contribution in [3.05, 3.63) is 0 Å². The number of hydrogen-bond acceptors (Lipinski definition) is 3. The first kappa shape index (κ1) is 8.60. The topological polar surface area (TPSA) is 35.5 Å². The molecule has 1 fully saturated rings. The largest absolute Gasteiger partial charge is 0.398 e. The first-order valence-corrected chi connectivity index (χ1v) is 5.86. The molecule has 1 aliphatic heterocycles. The van der Waals surface area contributed by atoms with E-state index in [0.29, 0.717) is 6.61 Å². The van der Waals surface area contributed by atoms with Crippen LogP contribution < -0.4 is 0 Å². The van der Waals surface area contributed by atoms with Crippen LogP contribution in [-0.2, 0) is 14.0 Å². The van der Waals surface area contributed by atoms with Gasteiger partial charge in [-0.05, 0) is 0 Å². The van der Waals surface area contributed by atoms with Crippen LogP contribution >= 0.6 is 23.7 Å². The van der Waals surface area contributed by atoms with Gasteiger partial charge in [0.25, 0.3) is 0 Å². The maximum atomic E-state index is 10.8. The van der Waals surface area contributed by atoms with E-state index < -0.39 is 13.8 Å². The van der Waals surface area contributed by atoms with Crippen molar-refractivity contribution in [2.75, 3.05) is 18.6 Å². The minimum atomic E-state index is -1.35. The number of rotatable bonds is 2. The molecule has 3 unspecified atom stereocenters. The minimum absolute atomic E-state index is 0.0731. The number of alkyl halides is 1. The molecule has 5 heteroatoms. The average Bonchev–Trinajstić information content (AvgIpc) is 2.34. The normalized spacial score (nSPS) is 34.4. The number of hydrogen-bond donors (Lipinski definition) is 0. The quantitative estimate of drug-likeness (QED) is 0.531. The Bertz CT molecular complexity index is 141. The summed E-state index contributed by atoms with van der Waals surface area (Å²) in [7, 11) is -1.35. The van der Waals surface area contributed by atoms with Gasteiger partial charge in [-0.15, -0.1) is 0 Å². The highest BCUT2D eigenvalue weighted by Crippen LogP contribution is 2.30. The Morgan fingerprint density at radius 3 is 2.80 bits per heavy atom. The van der Waals surface area contributed by atoms with Crippen molar-refractivity contribution in [2.24, 2.45) is 0 Å². The zero-order valence-corrected chi connectivity index (χ0v) is 8.10. The molecule has 1 rings (SSSR count). The Kier molecular flexibility index (Phi) is 3.24. The van der Waals surface area contributed by atoms with Gasteiger partial charge >= 0.3 is 13.8 Å². The molecule has 0 bridgehead atoms. The third-order valence-electron chi connectivity index (χ3n) is 1.20. The van der Waals surface area contributed by atoms with Crippen LogP contribution in [0.5, 0.6) is 0 Å². The Balaban J connectivity index is 2.35. The highest BCUT2D eigenvalue weighted by molar-refractivity contribution is 9.09. The van der Waals surface area contributed by atoms with Gasteiger partial charge in [-0.3, -0.25) is 0 Å². The Labute approximate surface area is 69.0 Å². The molecule has 0 aromatic rings. The zero-order chi connectivity index (χ0) is 7.56. The summed E-state index contributed by atoms with van der Waals surface area (Å²) >= 11 is 3.25. The van der Waals surface area contributed by atoms with E-state index in [1.807, 2.05) is 0 Å². The minimum Gasteiger partial charge on any atom is -0.310 e. The molecule has 0 saturated carbocycles. The zero-order valence-electron chi connectivity index (χ0n) is 5.62. The second-order valence-corrected chi connectivity index (χ2v) is 4.26. The van der Waals surface area contributed by atoms with Crippen LogP contribution in [0.2, 0.25) is 0 Å². The standard InChI is InChI=1S/C5H9BrO3P/c1-10(7)5-8-3-4(2-6)9-5/h4-5H,2-3H2,1H3/q+1. The van der Waals surface area contributed by atoms with Crippen molar-refractivity contribution in [3.63, 3.8) is 0 Å². The highest BCUT2D eigenvalue weighted by atomic mass is 79.9. The maximum absolute atomic E-state index is 10.8. The Morgan fingerprint density at radius 2 is 2.50 bits per heavy atom. The summed E-state index contributed by atoms with van der Waals surface area (Å²) in [6.07, 6.45) is 0.0731. The molecular weight excluding hydrogens is 219 g/mol. The maximum Gasteiger partial charge on any atom is 0.398 e. The third kappa shape index (κ3) is 1.99. The summed E-state index contributed by atoms with van der Waals surface area (Å²) in [5, 5.41) is 0.743. The van der Waals surface area contributed by atoms with Crippen LogP contribution in [0.15, 0.2) is 0 Å². The van der Waals surface area contributed by atoms with Crippen molar-refractivity contribution in [3.8, 4) is 0 Å². The summed E-state index contributed by atoms with van der Waals surface area (Å²) in [5.74, 6) is 0. The van der Waals surface area contributed by atoms with Gasteiger partial charge in [0.05, 0.1) is 12.7 Å². The second-order valence-electron chi connectivity index (χ2n) is 2.10. The monoisotopic (exact) mass is 227 g/mol. The van der Waals surface area contributed by atoms with E-state index in [1.165, 1.54) is 0 Å². The molecule has 1 aliphatic rings. The Hall–Kier alpha value is 0.500. The lowest BCUT2D eigenvalue weighted by molar-refractivity contribution is 0.0126. The van der Waals surface area contributed by atoms with Gasteiger partial charge in [0.2, 0.25) is 0 Å². The smallest absolute Gasteiger partial charge is 0.310 e.